The lowest BCUT2D eigenvalue weighted by Gasteiger charge is -2.12. The van der Waals surface area contributed by atoms with Crippen molar-refractivity contribution in [3.05, 3.63) is 83.9 Å². The molecule has 0 atom stereocenters. The van der Waals surface area contributed by atoms with Crippen LogP contribution in [-0.2, 0) is 13.0 Å². The molecule has 1 heterocycles. The van der Waals surface area contributed by atoms with Crippen molar-refractivity contribution in [2.45, 2.75) is 13.0 Å². The third-order valence-corrected chi connectivity index (χ3v) is 4.64. The lowest BCUT2D eigenvalue weighted by atomic mass is 10.0. The normalized spacial score (nSPS) is 13.0. The summed E-state index contributed by atoms with van der Waals surface area (Å²) in [6.45, 7) is 1.72. The molecule has 0 amide bonds. The van der Waals surface area contributed by atoms with Gasteiger partial charge in [-0.15, -0.1) is 0 Å². The third-order valence-electron chi connectivity index (χ3n) is 4.64. The van der Waals surface area contributed by atoms with Gasteiger partial charge in [0.1, 0.15) is 12.4 Å². The van der Waals surface area contributed by atoms with Crippen molar-refractivity contribution in [2.75, 3.05) is 18.5 Å². The van der Waals surface area contributed by atoms with Crippen LogP contribution in [-0.4, -0.2) is 13.6 Å². The summed E-state index contributed by atoms with van der Waals surface area (Å²) in [6.07, 6.45) is 1.14. The van der Waals surface area contributed by atoms with Gasteiger partial charge in [0, 0.05) is 19.3 Å². The van der Waals surface area contributed by atoms with Crippen LogP contribution in [0.3, 0.4) is 0 Å². The number of anilines is 1. The predicted molar refractivity (Wildman–Crippen MR) is 99.6 cm³/mol. The highest BCUT2D eigenvalue weighted by Gasteiger charge is 2.15. The highest BCUT2D eigenvalue weighted by atomic mass is 16.5. The Labute approximate surface area is 143 Å². The molecule has 0 aliphatic carbocycles. The maximum absolute atomic E-state index is 5.86. The van der Waals surface area contributed by atoms with Gasteiger partial charge in [-0.3, -0.25) is 0 Å². The zero-order chi connectivity index (χ0) is 16.4. The number of hydrogen-bond acceptors (Lipinski definition) is 2. The molecule has 0 saturated heterocycles. The molecule has 1 aliphatic rings. The van der Waals surface area contributed by atoms with Crippen molar-refractivity contribution < 1.29 is 4.74 Å². The first-order valence-electron chi connectivity index (χ1n) is 8.41. The predicted octanol–water partition coefficient (Wildman–Crippen LogP) is 4.92. The monoisotopic (exact) mass is 315 g/mol. The van der Waals surface area contributed by atoms with Gasteiger partial charge in [-0.2, -0.15) is 0 Å². The highest BCUT2D eigenvalue weighted by molar-refractivity contribution is 5.70. The molecule has 2 heteroatoms. The molecule has 4 rings (SSSR count). The molecule has 1 aliphatic heterocycles. The van der Waals surface area contributed by atoms with Crippen molar-refractivity contribution in [1.29, 1.82) is 0 Å². The van der Waals surface area contributed by atoms with E-state index in [0.717, 1.165) is 18.7 Å². The minimum absolute atomic E-state index is 0.603. The average molecular weight is 315 g/mol. The summed E-state index contributed by atoms with van der Waals surface area (Å²) < 4.78 is 5.86. The molecule has 3 aromatic carbocycles. The van der Waals surface area contributed by atoms with E-state index in [-0.39, 0.29) is 0 Å². The van der Waals surface area contributed by atoms with E-state index >= 15 is 0 Å². The van der Waals surface area contributed by atoms with Crippen molar-refractivity contribution in [1.82, 2.24) is 0 Å². The van der Waals surface area contributed by atoms with Gasteiger partial charge in [0.05, 0.1) is 0 Å². The Hall–Kier alpha value is -2.74. The lowest BCUT2D eigenvalue weighted by molar-refractivity contribution is 0.306. The second-order valence-electron chi connectivity index (χ2n) is 6.31. The second-order valence-corrected chi connectivity index (χ2v) is 6.31. The first kappa shape index (κ1) is 14.8. The first-order chi connectivity index (χ1) is 11.8. The van der Waals surface area contributed by atoms with Gasteiger partial charge in [0.25, 0.3) is 0 Å². The van der Waals surface area contributed by atoms with E-state index < -0.39 is 0 Å². The molecular weight excluding hydrogens is 294 g/mol. The fourth-order valence-corrected chi connectivity index (χ4v) is 3.23. The maximum atomic E-state index is 5.86. The Balaban J connectivity index is 1.48. The Bertz CT molecular complexity index is 824. The number of fused-ring (bicyclic) bond motifs is 1. The van der Waals surface area contributed by atoms with Crippen LogP contribution in [0, 0.1) is 0 Å². The summed E-state index contributed by atoms with van der Waals surface area (Å²) in [5.41, 5.74) is 6.50. The molecule has 3 aromatic rings. The second kappa shape index (κ2) is 6.40. The Morgan fingerprint density at radius 3 is 2.42 bits per heavy atom. The number of likely N-dealkylation sites (N-methyl/N-ethyl adjacent to an activating group) is 1. The van der Waals surface area contributed by atoms with Crippen LogP contribution in [0.15, 0.2) is 72.8 Å². The highest BCUT2D eigenvalue weighted by Crippen LogP contribution is 2.32. The quantitative estimate of drug-likeness (QED) is 0.677. The average Bonchev–Trinajstić information content (AvgIpc) is 3.02. The van der Waals surface area contributed by atoms with Gasteiger partial charge in [0.15, 0.2) is 0 Å². The largest absolute Gasteiger partial charge is 0.489 e. The molecule has 2 nitrogen and oxygen atoms in total. The van der Waals surface area contributed by atoms with Crippen molar-refractivity contribution in [3.63, 3.8) is 0 Å². The van der Waals surface area contributed by atoms with Crippen molar-refractivity contribution >= 4 is 5.69 Å². The molecule has 0 radical (unpaired) electrons. The number of nitrogens with zero attached hydrogens (tertiary/aromatic N) is 1. The van der Waals surface area contributed by atoms with Crippen LogP contribution in [0.5, 0.6) is 5.75 Å². The molecule has 24 heavy (non-hydrogen) atoms. The molecule has 0 aromatic heterocycles. The molecule has 0 spiro atoms. The first-order valence-corrected chi connectivity index (χ1v) is 8.41. The van der Waals surface area contributed by atoms with Crippen molar-refractivity contribution in [3.8, 4) is 16.9 Å². The Morgan fingerprint density at radius 2 is 1.62 bits per heavy atom. The Morgan fingerprint density at radius 1 is 0.875 bits per heavy atom. The summed E-state index contributed by atoms with van der Waals surface area (Å²) in [6, 6.07) is 25.4. The van der Waals surface area contributed by atoms with E-state index in [1.54, 1.807) is 0 Å². The zero-order valence-corrected chi connectivity index (χ0v) is 13.9. The van der Waals surface area contributed by atoms with Gasteiger partial charge in [-0.05, 0) is 52.9 Å². The number of benzene rings is 3. The molecule has 0 fully saturated rings. The molecule has 120 valence electrons. The van der Waals surface area contributed by atoms with E-state index in [1.807, 2.05) is 18.2 Å². The third kappa shape index (κ3) is 3.00. The van der Waals surface area contributed by atoms with Gasteiger partial charge in [0.2, 0.25) is 0 Å². The SMILES string of the molecule is CN1CCc2cc(-c3ccc(OCc4ccccc4)cc3)ccc21. The fraction of sp³-hybridized carbons (Fsp3) is 0.182. The Kier molecular flexibility index (Phi) is 3.96. The summed E-state index contributed by atoms with van der Waals surface area (Å²) in [7, 11) is 2.16. The summed E-state index contributed by atoms with van der Waals surface area (Å²) in [4.78, 5) is 2.32. The summed E-state index contributed by atoms with van der Waals surface area (Å²) >= 11 is 0. The minimum atomic E-state index is 0.603. The van der Waals surface area contributed by atoms with E-state index in [0.29, 0.717) is 6.61 Å². The summed E-state index contributed by atoms with van der Waals surface area (Å²) in [5.74, 6) is 0.906. The molecule has 0 saturated carbocycles. The van der Waals surface area contributed by atoms with E-state index in [4.69, 9.17) is 4.74 Å². The van der Waals surface area contributed by atoms with E-state index in [1.165, 1.54) is 27.9 Å². The van der Waals surface area contributed by atoms with E-state index in [9.17, 15) is 0 Å². The maximum Gasteiger partial charge on any atom is 0.119 e. The lowest BCUT2D eigenvalue weighted by Crippen LogP contribution is -2.12. The smallest absolute Gasteiger partial charge is 0.119 e. The minimum Gasteiger partial charge on any atom is -0.489 e. The molecule has 0 N–H and O–H groups in total. The zero-order valence-electron chi connectivity index (χ0n) is 13.9. The summed E-state index contributed by atoms with van der Waals surface area (Å²) in [5, 5.41) is 0. The van der Waals surface area contributed by atoms with Gasteiger partial charge in [-0.1, -0.05) is 48.5 Å². The standard InChI is InChI=1S/C22H21NO/c1-23-14-13-20-15-19(9-12-22(20)23)18-7-10-21(11-8-18)24-16-17-5-3-2-4-6-17/h2-12,15H,13-14,16H2,1H3. The van der Waals surface area contributed by atoms with Crippen molar-refractivity contribution in [2.24, 2.45) is 0 Å². The van der Waals surface area contributed by atoms with Gasteiger partial charge >= 0.3 is 0 Å². The molecule has 0 bridgehead atoms. The number of ether oxygens (including phenoxy) is 1. The van der Waals surface area contributed by atoms with Crippen LogP contribution in [0.2, 0.25) is 0 Å². The molecule has 0 unspecified atom stereocenters. The van der Waals surface area contributed by atoms with Crippen LogP contribution in [0.1, 0.15) is 11.1 Å². The topological polar surface area (TPSA) is 12.5 Å². The van der Waals surface area contributed by atoms with Crippen LogP contribution >= 0.6 is 0 Å². The number of hydrogen-bond donors (Lipinski definition) is 0. The van der Waals surface area contributed by atoms with Gasteiger partial charge in [-0.25, -0.2) is 0 Å². The van der Waals surface area contributed by atoms with Crippen LogP contribution in [0.25, 0.3) is 11.1 Å². The van der Waals surface area contributed by atoms with Crippen LogP contribution < -0.4 is 9.64 Å². The van der Waals surface area contributed by atoms with Crippen LogP contribution in [0.4, 0.5) is 5.69 Å². The fourth-order valence-electron chi connectivity index (χ4n) is 3.23. The molecular formula is C22H21NO. The van der Waals surface area contributed by atoms with Gasteiger partial charge < -0.3 is 9.64 Å². The number of rotatable bonds is 4. The van der Waals surface area contributed by atoms with E-state index in [2.05, 4.69) is 66.5 Å².